The van der Waals surface area contributed by atoms with Crippen molar-refractivity contribution in [2.75, 3.05) is 21.3 Å². The minimum Gasteiger partial charge on any atom is -0.493 e. The van der Waals surface area contributed by atoms with E-state index >= 15 is 0 Å². The number of methoxy groups -OCH3 is 3. The van der Waals surface area contributed by atoms with E-state index < -0.39 is 5.60 Å². The predicted molar refractivity (Wildman–Crippen MR) is 59.7 cm³/mol. The fourth-order valence-corrected chi connectivity index (χ4v) is 1.59. The maximum Gasteiger partial charge on any atom is 0.261 e. The predicted octanol–water partition coefficient (Wildman–Crippen LogP) is 1.59. The van der Waals surface area contributed by atoms with Crippen molar-refractivity contribution in [1.29, 1.82) is 0 Å². The summed E-state index contributed by atoms with van der Waals surface area (Å²) in [5.41, 5.74) is -0.716. The van der Waals surface area contributed by atoms with Gasteiger partial charge in [-0.3, -0.25) is 4.79 Å². The Bertz CT molecular complexity index is 328. The molecule has 0 aromatic rings. The van der Waals surface area contributed by atoms with Crippen LogP contribution in [0.2, 0.25) is 0 Å². The zero-order valence-electron chi connectivity index (χ0n) is 9.78. The van der Waals surface area contributed by atoms with Crippen molar-refractivity contribution in [2.24, 2.45) is 0 Å². The number of Topliss-reactive ketones (excluding diaryl/α,β-unsaturated/α-hetero) is 1. The summed E-state index contributed by atoms with van der Waals surface area (Å²) in [7, 11) is 4.44. The molecule has 0 heterocycles. The van der Waals surface area contributed by atoms with Crippen LogP contribution in [0.5, 0.6) is 0 Å². The summed E-state index contributed by atoms with van der Waals surface area (Å²) >= 11 is 0. The van der Waals surface area contributed by atoms with Gasteiger partial charge in [0.15, 0.2) is 11.5 Å². The van der Waals surface area contributed by atoms with Crippen LogP contribution >= 0.6 is 0 Å². The average Bonchev–Trinajstić information content (AvgIpc) is 2.31. The standard InChI is InChI=1S/C12H16O4/c1-5-6-12(16-4)7-9(14-2)11(13)10(8-12)15-3/h5,7-8H,1,6H2,2-4H3. The van der Waals surface area contributed by atoms with Gasteiger partial charge in [-0.2, -0.15) is 0 Å². The van der Waals surface area contributed by atoms with Crippen LogP contribution in [0.25, 0.3) is 0 Å². The maximum absolute atomic E-state index is 11.7. The van der Waals surface area contributed by atoms with Crippen molar-refractivity contribution < 1.29 is 19.0 Å². The highest BCUT2D eigenvalue weighted by atomic mass is 16.5. The Hall–Kier alpha value is -1.55. The first-order chi connectivity index (χ1) is 7.62. The smallest absolute Gasteiger partial charge is 0.261 e. The van der Waals surface area contributed by atoms with Gasteiger partial charge in [-0.15, -0.1) is 6.58 Å². The van der Waals surface area contributed by atoms with Crippen LogP contribution in [0.15, 0.2) is 36.3 Å². The summed E-state index contributed by atoms with van der Waals surface area (Å²) in [6.45, 7) is 3.66. The van der Waals surface area contributed by atoms with Crippen LogP contribution in [0.1, 0.15) is 6.42 Å². The van der Waals surface area contributed by atoms with Crippen molar-refractivity contribution in [3.8, 4) is 0 Å². The summed E-state index contributed by atoms with van der Waals surface area (Å²) in [6.07, 6.45) is 5.53. The van der Waals surface area contributed by atoms with Crippen LogP contribution < -0.4 is 0 Å². The third-order valence-electron chi connectivity index (χ3n) is 2.48. The van der Waals surface area contributed by atoms with E-state index in [2.05, 4.69) is 6.58 Å². The van der Waals surface area contributed by atoms with Crippen LogP contribution in [-0.4, -0.2) is 32.7 Å². The second kappa shape index (κ2) is 4.99. The van der Waals surface area contributed by atoms with E-state index in [0.717, 1.165) is 0 Å². The number of ketones is 1. The molecule has 0 unspecified atom stereocenters. The molecule has 88 valence electrons. The van der Waals surface area contributed by atoms with Gasteiger partial charge in [0, 0.05) is 13.5 Å². The molecular formula is C12H16O4. The molecule has 0 aromatic heterocycles. The SMILES string of the molecule is C=CCC1(OC)C=C(OC)C(=O)C(OC)=C1. The minimum atomic E-state index is -0.716. The Morgan fingerprint density at radius 2 is 1.75 bits per heavy atom. The summed E-state index contributed by atoms with van der Waals surface area (Å²) in [4.78, 5) is 11.7. The highest BCUT2D eigenvalue weighted by Gasteiger charge is 2.34. The topological polar surface area (TPSA) is 44.8 Å². The summed E-state index contributed by atoms with van der Waals surface area (Å²) < 4.78 is 15.4. The van der Waals surface area contributed by atoms with E-state index in [1.165, 1.54) is 14.2 Å². The first kappa shape index (κ1) is 12.5. The third kappa shape index (κ3) is 2.17. The molecule has 0 spiro atoms. The third-order valence-corrected chi connectivity index (χ3v) is 2.48. The number of hydrogen-bond acceptors (Lipinski definition) is 4. The highest BCUT2D eigenvalue weighted by molar-refractivity contribution is 6.06. The van der Waals surface area contributed by atoms with Crippen LogP contribution in [0.4, 0.5) is 0 Å². The zero-order valence-corrected chi connectivity index (χ0v) is 9.78. The Labute approximate surface area is 95.2 Å². The molecule has 0 N–H and O–H groups in total. The molecule has 1 rings (SSSR count). The van der Waals surface area contributed by atoms with Gasteiger partial charge in [0.1, 0.15) is 5.60 Å². The van der Waals surface area contributed by atoms with E-state index in [9.17, 15) is 4.79 Å². The second-order valence-electron chi connectivity index (χ2n) is 3.41. The number of rotatable bonds is 5. The molecule has 4 nitrogen and oxygen atoms in total. The first-order valence-corrected chi connectivity index (χ1v) is 4.87. The summed E-state index contributed by atoms with van der Waals surface area (Å²) in [5.74, 6) is 0.174. The van der Waals surface area contributed by atoms with Gasteiger partial charge in [0.2, 0.25) is 0 Å². The molecule has 0 aliphatic heterocycles. The molecule has 1 aliphatic carbocycles. The van der Waals surface area contributed by atoms with Crippen molar-refractivity contribution >= 4 is 5.78 Å². The second-order valence-corrected chi connectivity index (χ2v) is 3.41. The minimum absolute atomic E-state index is 0.225. The lowest BCUT2D eigenvalue weighted by atomic mass is 9.91. The van der Waals surface area contributed by atoms with Crippen LogP contribution in [-0.2, 0) is 19.0 Å². The van der Waals surface area contributed by atoms with Crippen LogP contribution in [0.3, 0.4) is 0 Å². The van der Waals surface area contributed by atoms with E-state index in [4.69, 9.17) is 14.2 Å². The quantitative estimate of drug-likeness (QED) is 0.665. The maximum atomic E-state index is 11.7. The number of carbonyl (C=O) groups is 1. The lowest BCUT2D eigenvalue weighted by Crippen LogP contribution is -2.32. The van der Waals surface area contributed by atoms with Gasteiger partial charge in [0.05, 0.1) is 14.2 Å². The lowest BCUT2D eigenvalue weighted by molar-refractivity contribution is -0.118. The van der Waals surface area contributed by atoms with Gasteiger partial charge in [-0.1, -0.05) is 6.08 Å². The monoisotopic (exact) mass is 224 g/mol. The first-order valence-electron chi connectivity index (χ1n) is 4.87. The van der Waals surface area contributed by atoms with Crippen molar-refractivity contribution in [2.45, 2.75) is 12.0 Å². The molecule has 0 saturated carbocycles. The van der Waals surface area contributed by atoms with Crippen molar-refractivity contribution in [1.82, 2.24) is 0 Å². The molecular weight excluding hydrogens is 208 g/mol. The molecule has 0 aromatic carbocycles. The molecule has 0 fully saturated rings. The molecule has 0 amide bonds. The Balaban J connectivity index is 3.18. The van der Waals surface area contributed by atoms with Gasteiger partial charge in [0.25, 0.3) is 5.78 Å². The zero-order chi connectivity index (χ0) is 12.2. The van der Waals surface area contributed by atoms with Gasteiger partial charge in [-0.05, 0) is 12.2 Å². The molecule has 16 heavy (non-hydrogen) atoms. The number of carbonyl (C=O) groups excluding carboxylic acids is 1. The number of hydrogen-bond donors (Lipinski definition) is 0. The Morgan fingerprint density at radius 3 is 2.06 bits per heavy atom. The molecule has 4 heteroatoms. The average molecular weight is 224 g/mol. The van der Waals surface area contributed by atoms with E-state index in [-0.39, 0.29) is 17.3 Å². The molecule has 1 aliphatic rings. The number of ether oxygens (including phenoxy) is 3. The van der Waals surface area contributed by atoms with E-state index in [1.54, 1.807) is 25.3 Å². The van der Waals surface area contributed by atoms with Gasteiger partial charge >= 0.3 is 0 Å². The highest BCUT2D eigenvalue weighted by Crippen LogP contribution is 2.29. The van der Waals surface area contributed by atoms with E-state index in [0.29, 0.717) is 6.42 Å². The van der Waals surface area contributed by atoms with Gasteiger partial charge < -0.3 is 14.2 Å². The largest absolute Gasteiger partial charge is 0.493 e. The molecule has 0 atom stereocenters. The summed E-state index contributed by atoms with van der Waals surface area (Å²) in [5, 5.41) is 0. The lowest BCUT2D eigenvalue weighted by Gasteiger charge is -2.29. The molecule has 0 bridgehead atoms. The molecule has 0 radical (unpaired) electrons. The molecule has 0 saturated heterocycles. The normalized spacial score (nSPS) is 18.6. The van der Waals surface area contributed by atoms with Crippen LogP contribution in [0, 0.1) is 0 Å². The fraction of sp³-hybridized carbons (Fsp3) is 0.417. The van der Waals surface area contributed by atoms with Crippen molar-refractivity contribution in [3.63, 3.8) is 0 Å². The van der Waals surface area contributed by atoms with E-state index in [1.807, 2.05) is 0 Å². The van der Waals surface area contributed by atoms with Gasteiger partial charge in [-0.25, -0.2) is 0 Å². The Morgan fingerprint density at radius 1 is 1.25 bits per heavy atom. The van der Waals surface area contributed by atoms with Crippen molar-refractivity contribution in [3.05, 3.63) is 36.3 Å². The Kier molecular flexibility index (Phi) is 3.90. The fourth-order valence-electron chi connectivity index (χ4n) is 1.59. The summed E-state index contributed by atoms with van der Waals surface area (Å²) in [6, 6.07) is 0.